The molecule has 2 aliphatic rings. The fourth-order valence-electron chi connectivity index (χ4n) is 5.23. The molecule has 0 radical (unpaired) electrons. The van der Waals surface area contributed by atoms with E-state index in [0.29, 0.717) is 54.9 Å². The van der Waals surface area contributed by atoms with Gasteiger partial charge in [0, 0.05) is 17.1 Å². The van der Waals surface area contributed by atoms with Gasteiger partial charge < -0.3 is 24.0 Å². The Bertz CT molecular complexity index is 1830. The Balaban J connectivity index is 1.87. The second-order valence-corrected chi connectivity index (χ2v) is 9.64. The first-order valence-electron chi connectivity index (χ1n) is 14.4. The summed E-state index contributed by atoms with van der Waals surface area (Å²) in [5, 5.41) is 0. The van der Waals surface area contributed by atoms with Crippen molar-refractivity contribution in [2.45, 2.75) is 27.7 Å². The number of aromatic nitrogens is 4. The van der Waals surface area contributed by atoms with E-state index in [0.717, 1.165) is 44.8 Å². The molecule has 3 aromatic heterocycles. The molecule has 8 bridgehead atoms. The molecule has 8 heteroatoms. The van der Waals surface area contributed by atoms with E-state index in [2.05, 4.69) is 17.1 Å². The first-order valence-corrected chi connectivity index (χ1v) is 14.4. The van der Waals surface area contributed by atoms with Crippen LogP contribution in [0.15, 0.2) is 60.7 Å². The zero-order valence-electron chi connectivity index (χ0n) is 24.3. The maximum absolute atomic E-state index is 6.46. The summed E-state index contributed by atoms with van der Waals surface area (Å²) in [6.45, 7) is 9.57. The first kappa shape index (κ1) is 27.2. The van der Waals surface area contributed by atoms with Gasteiger partial charge in [-0.3, -0.25) is 0 Å². The topological polar surface area (TPSA) is 83.4 Å². The molecule has 0 atom stereocenters. The van der Waals surface area contributed by atoms with E-state index in [1.165, 1.54) is 0 Å². The zero-order valence-corrected chi connectivity index (χ0v) is 24.3. The number of hydrogen-bond donors (Lipinski definition) is 1. The van der Waals surface area contributed by atoms with Crippen LogP contribution in [-0.4, -0.2) is 46.1 Å². The molecule has 0 aliphatic carbocycles. The predicted octanol–water partition coefficient (Wildman–Crippen LogP) is 7.41. The SMILES string of the molecule is CCOC1=Cc2cc3ccc(cc4nc(cc5c(-c6ccccc6)c(OCC)c(c(OCC)c1n2)n5OCC)C=C4)[nH]3. The van der Waals surface area contributed by atoms with Gasteiger partial charge in [-0.2, -0.15) is 4.73 Å². The van der Waals surface area contributed by atoms with E-state index < -0.39 is 0 Å². The largest absolute Gasteiger partial charge is 0.491 e. The molecule has 8 nitrogen and oxygen atoms in total. The summed E-state index contributed by atoms with van der Waals surface area (Å²) in [6, 6.07) is 20.3. The lowest BCUT2D eigenvalue weighted by atomic mass is 10.1. The number of benzene rings is 1. The highest BCUT2D eigenvalue weighted by atomic mass is 16.7. The lowest BCUT2D eigenvalue weighted by Crippen LogP contribution is -2.12. The van der Waals surface area contributed by atoms with Crippen LogP contribution in [0, 0.1) is 0 Å². The van der Waals surface area contributed by atoms with Crippen molar-refractivity contribution in [3.8, 4) is 22.6 Å². The minimum atomic E-state index is 0.402. The lowest BCUT2D eigenvalue weighted by molar-refractivity contribution is 0.139. The fourth-order valence-corrected chi connectivity index (χ4v) is 5.23. The second kappa shape index (κ2) is 11.9. The molecule has 1 aromatic carbocycles. The minimum absolute atomic E-state index is 0.402. The van der Waals surface area contributed by atoms with Crippen LogP contribution in [0.3, 0.4) is 0 Å². The number of rotatable bonds is 9. The Morgan fingerprint density at radius 3 is 2.05 bits per heavy atom. The number of hydrogen-bond acceptors (Lipinski definition) is 6. The Labute approximate surface area is 244 Å². The Morgan fingerprint density at radius 1 is 0.690 bits per heavy atom. The third kappa shape index (κ3) is 5.11. The lowest BCUT2D eigenvalue weighted by Gasteiger charge is -2.14. The number of aromatic amines is 1. The molecular formula is C34H34N4O4. The average molecular weight is 563 g/mol. The van der Waals surface area contributed by atoms with Gasteiger partial charge in [0.15, 0.2) is 28.5 Å². The summed E-state index contributed by atoms with van der Waals surface area (Å²) in [4.78, 5) is 19.7. The molecule has 0 fully saturated rings. The molecule has 4 aromatic rings. The van der Waals surface area contributed by atoms with Crippen LogP contribution in [0.2, 0.25) is 0 Å². The van der Waals surface area contributed by atoms with Crippen LogP contribution in [-0.2, 0) is 4.74 Å². The molecule has 2 aliphatic heterocycles. The molecule has 0 amide bonds. The molecule has 6 rings (SSSR count). The quantitative estimate of drug-likeness (QED) is 0.201. The van der Waals surface area contributed by atoms with Gasteiger partial charge in [0.1, 0.15) is 6.61 Å². The van der Waals surface area contributed by atoms with Crippen molar-refractivity contribution >= 4 is 46.1 Å². The summed E-state index contributed by atoms with van der Waals surface area (Å²) in [7, 11) is 0. The maximum atomic E-state index is 6.46. The van der Waals surface area contributed by atoms with E-state index >= 15 is 0 Å². The number of ether oxygens (including phenoxy) is 3. The fraction of sp³-hybridized carbons (Fsp3) is 0.235. The highest BCUT2D eigenvalue weighted by molar-refractivity contribution is 5.98. The van der Waals surface area contributed by atoms with Crippen molar-refractivity contribution in [3.05, 3.63) is 83.4 Å². The van der Waals surface area contributed by atoms with Crippen LogP contribution >= 0.6 is 0 Å². The average Bonchev–Trinajstić information content (AvgIpc) is 3.77. The predicted molar refractivity (Wildman–Crippen MR) is 168 cm³/mol. The van der Waals surface area contributed by atoms with Gasteiger partial charge >= 0.3 is 0 Å². The van der Waals surface area contributed by atoms with Gasteiger partial charge in [0.25, 0.3) is 0 Å². The minimum Gasteiger partial charge on any atom is -0.491 e. The maximum Gasteiger partial charge on any atom is 0.179 e. The molecule has 214 valence electrons. The van der Waals surface area contributed by atoms with Crippen molar-refractivity contribution in [1.29, 1.82) is 0 Å². The van der Waals surface area contributed by atoms with Crippen LogP contribution in [0.25, 0.3) is 57.2 Å². The van der Waals surface area contributed by atoms with Crippen LogP contribution in [0.5, 0.6) is 11.5 Å². The third-order valence-corrected chi connectivity index (χ3v) is 6.81. The molecule has 42 heavy (non-hydrogen) atoms. The molecular weight excluding hydrogens is 528 g/mol. The third-order valence-electron chi connectivity index (χ3n) is 6.81. The van der Waals surface area contributed by atoms with Crippen LogP contribution in [0.4, 0.5) is 0 Å². The number of nitrogens with zero attached hydrogens (tertiary/aromatic N) is 3. The molecule has 1 N–H and O–H groups in total. The van der Waals surface area contributed by atoms with Crippen molar-refractivity contribution in [2.24, 2.45) is 0 Å². The van der Waals surface area contributed by atoms with E-state index in [4.69, 9.17) is 29.0 Å². The van der Waals surface area contributed by atoms with Crippen molar-refractivity contribution < 1.29 is 19.0 Å². The molecule has 0 spiro atoms. The van der Waals surface area contributed by atoms with E-state index in [9.17, 15) is 0 Å². The zero-order chi connectivity index (χ0) is 29.1. The van der Waals surface area contributed by atoms with E-state index in [1.54, 1.807) is 4.73 Å². The standard InChI is InChI=1S/C34H34N4O4/c1-5-39-29-21-27-19-25-15-14-23(35-25)18-24-16-17-26(36-24)20-28-30(22-12-10-9-11-13-22)33(40-6-2)32(38(28)42-8-4)34(41-7-3)31(29)37-27/h9-21,35H,5-8H2,1-4H3. The highest BCUT2D eigenvalue weighted by Gasteiger charge is 2.28. The summed E-state index contributed by atoms with van der Waals surface area (Å²) >= 11 is 0. The van der Waals surface area contributed by atoms with Gasteiger partial charge in [-0.1, -0.05) is 30.3 Å². The Kier molecular flexibility index (Phi) is 7.68. The molecule has 5 heterocycles. The van der Waals surface area contributed by atoms with Gasteiger partial charge in [-0.15, -0.1) is 0 Å². The van der Waals surface area contributed by atoms with Gasteiger partial charge in [0.2, 0.25) is 0 Å². The van der Waals surface area contributed by atoms with Gasteiger partial charge in [-0.05, 0) is 75.7 Å². The van der Waals surface area contributed by atoms with Crippen molar-refractivity contribution in [2.75, 3.05) is 26.4 Å². The summed E-state index contributed by atoms with van der Waals surface area (Å²) < 4.78 is 20.8. The van der Waals surface area contributed by atoms with Crippen LogP contribution < -0.4 is 14.3 Å². The molecule has 0 unspecified atom stereocenters. The van der Waals surface area contributed by atoms with Crippen molar-refractivity contribution in [3.63, 3.8) is 0 Å². The second-order valence-electron chi connectivity index (χ2n) is 9.64. The molecule has 0 saturated heterocycles. The normalized spacial score (nSPS) is 12.2. The molecule has 0 saturated carbocycles. The van der Waals surface area contributed by atoms with E-state index in [-0.39, 0.29) is 0 Å². The Morgan fingerprint density at radius 2 is 1.36 bits per heavy atom. The number of fused-ring (bicyclic) bond motifs is 8. The number of nitrogens with one attached hydrogen (secondary N) is 1. The summed E-state index contributed by atoms with van der Waals surface area (Å²) in [5.41, 5.74) is 8.08. The summed E-state index contributed by atoms with van der Waals surface area (Å²) in [5.74, 6) is 1.77. The Hall–Kier alpha value is -4.98. The summed E-state index contributed by atoms with van der Waals surface area (Å²) in [6.07, 6.45) is 5.94. The van der Waals surface area contributed by atoms with Crippen molar-refractivity contribution in [1.82, 2.24) is 19.7 Å². The smallest absolute Gasteiger partial charge is 0.179 e. The monoisotopic (exact) mass is 562 g/mol. The highest BCUT2D eigenvalue weighted by Crippen LogP contribution is 2.46. The van der Waals surface area contributed by atoms with Gasteiger partial charge in [-0.25, -0.2) is 9.97 Å². The van der Waals surface area contributed by atoms with Crippen LogP contribution in [0.1, 0.15) is 50.5 Å². The van der Waals surface area contributed by atoms with E-state index in [1.807, 2.05) is 94.5 Å². The number of H-pyrrole nitrogens is 1. The van der Waals surface area contributed by atoms with Gasteiger partial charge in [0.05, 0.1) is 48.0 Å². The first-order chi connectivity index (χ1) is 20.6.